The van der Waals surface area contributed by atoms with Crippen molar-refractivity contribution in [2.75, 3.05) is 7.11 Å². The monoisotopic (exact) mass is 255 g/mol. The number of methoxy groups -OCH3 is 1. The van der Waals surface area contributed by atoms with E-state index in [0.29, 0.717) is 0 Å². The molecule has 0 amide bonds. The summed E-state index contributed by atoms with van der Waals surface area (Å²) in [6.07, 6.45) is 2.65. The number of ether oxygens (including phenoxy) is 1. The van der Waals surface area contributed by atoms with E-state index in [1.807, 2.05) is 6.07 Å². The summed E-state index contributed by atoms with van der Waals surface area (Å²) < 4.78 is 5.25. The van der Waals surface area contributed by atoms with Crippen LogP contribution < -0.4 is 10.1 Å². The van der Waals surface area contributed by atoms with E-state index in [9.17, 15) is 0 Å². The molecule has 1 fully saturated rings. The molecular formula is C17H21NO. The Labute approximate surface area is 114 Å². The molecule has 19 heavy (non-hydrogen) atoms. The summed E-state index contributed by atoms with van der Waals surface area (Å²) >= 11 is 0. The fourth-order valence-electron chi connectivity index (χ4n) is 2.84. The minimum atomic E-state index is 0.724. The van der Waals surface area contributed by atoms with E-state index in [1.54, 1.807) is 7.11 Å². The molecule has 0 atom stereocenters. The van der Waals surface area contributed by atoms with Crippen LogP contribution in [-0.4, -0.2) is 13.2 Å². The van der Waals surface area contributed by atoms with Crippen LogP contribution in [0.4, 0.5) is 0 Å². The zero-order chi connectivity index (χ0) is 13.2. The van der Waals surface area contributed by atoms with Gasteiger partial charge in [-0.05, 0) is 53.3 Å². The SMILES string of the molecule is COc1ccc2cc(CNC3CC(C)C3)ccc2c1. The van der Waals surface area contributed by atoms with Crippen molar-refractivity contribution in [3.8, 4) is 5.75 Å². The highest BCUT2D eigenvalue weighted by atomic mass is 16.5. The van der Waals surface area contributed by atoms with Crippen LogP contribution in [0.5, 0.6) is 5.75 Å². The molecule has 1 N–H and O–H groups in total. The van der Waals surface area contributed by atoms with E-state index in [2.05, 4.69) is 42.6 Å². The molecule has 1 aliphatic carbocycles. The molecule has 0 aromatic heterocycles. The van der Waals surface area contributed by atoms with Crippen LogP contribution in [0.3, 0.4) is 0 Å². The van der Waals surface area contributed by atoms with Crippen LogP contribution in [0.15, 0.2) is 36.4 Å². The van der Waals surface area contributed by atoms with Gasteiger partial charge in [0.1, 0.15) is 5.75 Å². The Morgan fingerprint density at radius 3 is 2.58 bits per heavy atom. The second-order valence-corrected chi connectivity index (χ2v) is 5.70. The fourth-order valence-corrected chi connectivity index (χ4v) is 2.84. The van der Waals surface area contributed by atoms with Gasteiger partial charge >= 0.3 is 0 Å². The van der Waals surface area contributed by atoms with Crippen molar-refractivity contribution in [1.82, 2.24) is 5.32 Å². The fraction of sp³-hybridized carbons (Fsp3) is 0.412. The van der Waals surface area contributed by atoms with Gasteiger partial charge < -0.3 is 10.1 Å². The maximum absolute atomic E-state index is 5.25. The Balaban J connectivity index is 1.70. The van der Waals surface area contributed by atoms with Crippen molar-refractivity contribution in [3.63, 3.8) is 0 Å². The van der Waals surface area contributed by atoms with Crippen molar-refractivity contribution in [2.24, 2.45) is 5.92 Å². The first-order valence-corrected chi connectivity index (χ1v) is 7.04. The third-order valence-electron chi connectivity index (χ3n) is 4.08. The summed E-state index contributed by atoms with van der Waals surface area (Å²) in [7, 11) is 1.71. The first-order valence-electron chi connectivity index (χ1n) is 7.04. The molecule has 2 heteroatoms. The molecule has 0 bridgehead atoms. The van der Waals surface area contributed by atoms with Gasteiger partial charge in [-0.25, -0.2) is 0 Å². The molecule has 0 spiro atoms. The number of hydrogen-bond acceptors (Lipinski definition) is 2. The predicted octanol–water partition coefficient (Wildman–Crippen LogP) is 3.74. The predicted molar refractivity (Wildman–Crippen MR) is 79.5 cm³/mol. The maximum atomic E-state index is 5.25. The number of hydrogen-bond donors (Lipinski definition) is 1. The highest BCUT2D eigenvalue weighted by Crippen LogP contribution is 2.27. The van der Waals surface area contributed by atoms with Crippen molar-refractivity contribution in [1.29, 1.82) is 0 Å². The Bertz CT molecular complexity index is 572. The summed E-state index contributed by atoms with van der Waals surface area (Å²) in [5.74, 6) is 1.82. The Morgan fingerprint density at radius 1 is 1.11 bits per heavy atom. The van der Waals surface area contributed by atoms with Crippen LogP contribution in [0.2, 0.25) is 0 Å². The average Bonchev–Trinajstić information content (AvgIpc) is 2.41. The summed E-state index contributed by atoms with van der Waals surface area (Å²) in [5, 5.41) is 6.14. The zero-order valence-corrected chi connectivity index (χ0v) is 11.6. The average molecular weight is 255 g/mol. The van der Waals surface area contributed by atoms with Crippen LogP contribution in [-0.2, 0) is 6.54 Å². The zero-order valence-electron chi connectivity index (χ0n) is 11.6. The Kier molecular flexibility index (Phi) is 3.43. The lowest BCUT2D eigenvalue weighted by Gasteiger charge is -2.33. The van der Waals surface area contributed by atoms with Crippen LogP contribution in [0, 0.1) is 5.92 Å². The quantitative estimate of drug-likeness (QED) is 0.898. The lowest BCUT2D eigenvalue weighted by atomic mass is 9.82. The Morgan fingerprint density at radius 2 is 1.84 bits per heavy atom. The van der Waals surface area contributed by atoms with Gasteiger partial charge in [0, 0.05) is 12.6 Å². The summed E-state index contributed by atoms with van der Waals surface area (Å²) in [5.41, 5.74) is 1.36. The van der Waals surface area contributed by atoms with Crippen LogP contribution >= 0.6 is 0 Å². The maximum Gasteiger partial charge on any atom is 0.119 e. The van der Waals surface area contributed by atoms with Gasteiger partial charge in [-0.1, -0.05) is 25.1 Å². The van der Waals surface area contributed by atoms with E-state index in [4.69, 9.17) is 4.74 Å². The van der Waals surface area contributed by atoms with Crippen LogP contribution in [0.1, 0.15) is 25.3 Å². The summed E-state index contributed by atoms with van der Waals surface area (Å²) in [6, 6.07) is 13.6. The normalized spacial score (nSPS) is 22.2. The molecule has 0 heterocycles. The second-order valence-electron chi connectivity index (χ2n) is 5.70. The van der Waals surface area contributed by atoms with Crippen molar-refractivity contribution in [2.45, 2.75) is 32.4 Å². The second kappa shape index (κ2) is 5.22. The molecule has 3 rings (SSSR count). The minimum absolute atomic E-state index is 0.724. The molecule has 0 unspecified atom stereocenters. The van der Waals surface area contributed by atoms with Gasteiger partial charge in [0.15, 0.2) is 0 Å². The van der Waals surface area contributed by atoms with Gasteiger partial charge in [0.25, 0.3) is 0 Å². The molecule has 2 aromatic rings. The van der Waals surface area contributed by atoms with E-state index < -0.39 is 0 Å². The van der Waals surface area contributed by atoms with Gasteiger partial charge in [-0.15, -0.1) is 0 Å². The number of rotatable bonds is 4. The highest BCUT2D eigenvalue weighted by Gasteiger charge is 2.24. The van der Waals surface area contributed by atoms with Crippen LogP contribution in [0.25, 0.3) is 10.8 Å². The largest absolute Gasteiger partial charge is 0.497 e. The number of nitrogens with one attached hydrogen (secondary N) is 1. The summed E-state index contributed by atoms with van der Waals surface area (Å²) in [4.78, 5) is 0. The van der Waals surface area contributed by atoms with Crippen molar-refractivity contribution in [3.05, 3.63) is 42.0 Å². The van der Waals surface area contributed by atoms with Gasteiger partial charge in [-0.2, -0.15) is 0 Å². The lowest BCUT2D eigenvalue weighted by Crippen LogP contribution is -2.39. The molecule has 2 nitrogen and oxygen atoms in total. The number of benzene rings is 2. The highest BCUT2D eigenvalue weighted by molar-refractivity contribution is 5.84. The van der Waals surface area contributed by atoms with Gasteiger partial charge in [0.2, 0.25) is 0 Å². The van der Waals surface area contributed by atoms with Crippen molar-refractivity contribution < 1.29 is 4.74 Å². The number of fused-ring (bicyclic) bond motifs is 1. The first kappa shape index (κ1) is 12.5. The third-order valence-corrected chi connectivity index (χ3v) is 4.08. The molecule has 0 aliphatic heterocycles. The molecular weight excluding hydrogens is 234 g/mol. The lowest BCUT2D eigenvalue weighted by molar-refractivity contribution is 0.240. The topological polar surface area (TPSA) is 21.3 Å². The molecule has 2 aromatic carbocycles. The molecule has 1 saturated carbocycles. The minimum Gasteiger partial charge on any atom is -0.497 e. The van der Waals surface area contributed by atoms with E-state index in [-0.39, 0.29) is 0 Å². The molecule has 0 radical (unpaired) electrons. The van der Waals surface area contributed by atoms with Crippen molar-refractivity contribution >= 4 is 10.8 Å². The smallest absolute Gasteiger partial charge is 0.119 e. The Hall–Kier alpha value is -1.54. The van der Waals surface area contributed by atoms with E-state index in [0.717, 1.165) is 24.3 Å². The standard InChI is InChI=1S/C17H21NO/c1-12-7-16(8-12)18-11-13-3-4-15-10-17(19-2)6-5-14(15)9-13/h3-6,9-10,12,16,18H,7-8,11H2,1-2H3. The first-order chi connectivity index (χ1) is 9.24. The van der Waals surface area contributed by atoms with Gasteiger partial charge in [-0.3, -0.25) is 0 Å². The van der Waals surface area contributed by atoms with E-state index in [1.165, 1.54) is 29.2 Å². The van der Waals surface area contributed by atoms with Gasteiger partial charge in [0.05, 0.1) is 7.11 Å². The molecule has 100 valence electrons. The molecule has 1 aliphatic rings. The molecule has 0 saturated heterocycles. The summed E-state index contributed by atoms with van der Waals surface area (Å²) in [6.45, 7) is 3.29. The van der Waals surface area contributed by atoms with E-state index >= 15 is 0 Å². The third kappa shape index (κ3) is 2.74.